The van der Waals surface area contributed by atoms with Gasteiger partial charge in [-0.2, -0.15) is 5.26 Å². The van der Waals surface area contributed by atoms with E-state index in [0.29, 0.717) is 5.56 Å². The number of nitriles is 1. The number of pyridine rings is 1. The van der Waals surface area contributed by atoms with Crippen molar-refractivity contribution in [2.75, 3.05) is 0 Å². The van der Waals surface area contributed by atoms with Crippen LogP contribution in [0.25, 0.3) is 5.65 Å². The molecule has 0 amide bonds. The fraction of sp³-hybridized carbons (Fsp3) is 0.364. The quantitative estimate of drug-likeness (QED) is 0.652. The Hall–Kier alpha value is -1.89. The van der Waals surface area contributed by atoms with Crippen molar-refractivity contribution >= 4 is 5.65 Å². The number of nitrogens with zero attached hydrogens (tertiary/aromatic N) is 4. The molecule has 0 N–H and O–H groups in total. The van der Waals surface area contributed by atoms with Gasteiger partial charge in [-0.3, -0.25) is 4.40 Å². The third-order valence-corrected chi connectivity index (χ3v) is 2.20. The van der Waals surface area contributed by atoms with Crippen LogP contribution in [0.15, 0.2) is 18.3 Å². The Morgan fingerprint density at radius 2 is 2.00 bits per heavy atom. The van der Waals surface area contributed by atoms with Gasteiger partial charge in [0, 0.05) is 11.6 Å². The second kappa shape index (κ2) is 3.06. The van der Waals surface area contributed by atoms with Gasteiger partial charge in [-0.25, -0.2) is 0 Å². The minimum atomic E-state index is -0.0759. The Bertz CT molecular complexity index is 540. The van der Waals surface area contributed by atoms with E-state index in [1.807, 2.05) is 4.40 Å². The third-order valence-electron chi connectivity index (χ3n) is 2.20. The standard InChI is InChI=1S/C11H12N4/c1-11(2,3)10-14-13-9-5-4-8(6-12)7-15(9)10/h4-5,7H,1-3H3. The highest BCUT2D eigenvalue weighted by Crippen LogP contribution is 2.20. The molecule has 0 unspecified atom stereocenters. The van der Waals surface area contributed by atoms with E-state index in [9.17, 15) is 0 Å². The Morgan fingerprint density at radius 1 is 1.27 bits per heavy atom. The molecule has 4 nitrogen and oxygen atoms in total. The SMILES string of the molecule is CC(C)(C)c1nnc2ccc(C#N)cn12. The van der Waals surface area contributed by atoms with E-state index in [2.05, 4.69) is 37.0 Å². The van der Waals surface area contributed by atoms with Gasteiger partial charge in [0.1, 0.15) is 11.9 Å². The number of aromatic nitrogens is 3. The van der Waals surface area contributed by atoms with E-state index in [0.717, 1.165) is 11.5 Å². The zero-order valence-corrected chi connectivity index (χ0v) is 9.02. The normalized spacial score (nSPS) is 11.6. The van der Waals surface area contributed by atoms with Crippen LogP contribution in [0.4, 0.5) is 0 Å². The van der Waals surface area contributed by atoms with Gasteiger partial charge in [0.05, 0.1) is 5.56 Å². The Morgan fingerprint density at radius 3 is 2.60 bits per heavy atom. The van der Waals surface area contributed by atoms with Crippen LogP contribution in [0.5, 0.6) is 0 Å². The summed E-state index contributed by atoms with van der Waals surface area (Å²) in [5.41, 5.74) is 1.32. The van der Waals surface area contributed by atoms with Crippen LogP contribution in [-0.4, -0.2) is 14.6 Å². The molecule has 0 aliphatic rings. The number of fused-ring (bicyclic) bond motifs is 1. The lowest BCUT2D eigenvalue weighted by molar-refractivity contribution is 0.538. The summed E-state index contributed by atoms with van der Waals surface area (Å²) in [5.74, 6) is 0.870. The molecule has 76 valence electrons. The largest absolute Gasteiger partial charge is 0.285 e. The van der Waals surface area contributed by atoms with Crippen LogP contribution in [0, 0.1) is 11.3 Å². The molecular weight excluding hydrogens is 188 g/mol. The summed E-state index contributed by atoms with van der Waals surface area (Å²) in [6, 6.07) is 5.66. The summed E-state index contributed by atoms with van der Waals surface area (Å²) >= 11 is 0. The summed E-state index contributed by atoms with van der Waals surface area (Å²) in [5, 5.41) is 17.0. The van der Waals surface area contributed by atoms with Gasteiger partial charge in [-0.1, -0.05) is 20.8 Å². The fourth-order valence-electron chi connectivity index (χ4n) is 1.47. The van der Waals surface area contributed by atoms with Crippen molar-refractivity contribution in [2.45, 2.75) is 26.2 Å². The minimum Gasteiger partial charge on any atom is -0.285 e. The van der Waals surface area contributed by atoms with Crippen LogP contribution in [0.2, 0.25) is 0 Å². The molecule has 2 heterocycles. The highest BCUT2D eigenvalue weighted by Gasteiger charge is 2.20. The summed E-state index contributed by atoms with van der Waals surface area (Å²) in [6.07, 6.45) is 1.77. The van der Waals surface area contributed by atoms with Crippen molar-refractivity contribution in [3.63, 3.8) is 0 Å². The fourth-order valence-corrected chi connectivity index (χ4v) is 1.47. The lowest BCUT2D eigenvalue weighted by Crippen LogP contribution is -2.15. The third kappa shape index (κ3) is 1.57. The lowest BCUT2D eigenvalue weighted by atomic mass is 9.96. The number of hydrogen-bond donors (Lipinski definition) is 0. The molecule has 0 aromatic carbocycles. The maximum atomic E-state index is 8.82. The van der Waals surface area contributed by atoms with E-state index < -0.39 is 0 Å². The van der Waals surface area contributed by atoms with Crippen molar-refractivity contribution in [3.05, 3.63) is 29.7 Å². The predicted octanol–water partition coefficient (Wildman–Crippen LogP) is 1.90. The highest BCUT2D eigenvalue weighted by atomic mass is 15.2. The molecule has 15 heavy (non-hydrogen) atoms. The molecule has 0 aliphatic heterocycles. The molecule has 2 aromatic rings. The van der Waals surface area contributed by atoms with E-state index in [1.54, 1.807) is 18.3 Å². The van der Waals surface area contributed by atoms with Gasteiger partial charge in [0.15, 0.2) is 5.65 Å². The average Bonchev–Trinajstić information content (AvgIpc) is 2.59. The molecule has 0 fully saturated rings. The molecule has 0 atom stereocenters. The van der Waals surface area contributed by atoms with Gasteiger partial charge >= 0.3 is 0 Å². The van der Waals surface area contributed by atoms with Crippen LogP contribution < -0.4 is 0 Å². The Balaban J connectivity index is 2.73. The van der Waals surface area contributed by atoms with E-state index in [-0.39, 0.29) is 5.41 Å². The average molecular weight is 200 g/mol. The Labute approximate surface area is 88.2 Å². The van der Waals surface area contributed by atoms with E-state index in [1.165, 1.54) is 0 Å². The topological polar surface area (TPSA) is 54.0 Å². The summed E-state index contributed by atoms with van der Waals surface area (Å²) < 4.78 is 1.87. The molecule has 0 bridgehead atoms. The number of hydrogen-bond acceptors (Lipinski definition) is 3. The molecule has 0 spiro atoms. The van der Waals surface area contributed by atoms with E-state index in [4.69, 9.17) is 5.26 Å². The van der Waals surface area contributed by atoms with Crippen molar-refractivity contribution in [3.8, 4) is 6.07 Å². The Kier molecular flexibility index (Phi) is 1.97. The maximum Gasteiger partial charge on any atom is 0.160 e. The molecule has 0 radical (unpaired) electrons. The lowest BCUT2D eigenvalue weighted by Gasteiger charge is -2.15. The van der Waals surface area contributed by atoms with Crippen molar-refractivity contribution in [1.29, 1.82) is 5.26 Å². The van der Waals surface area contributed by atoms with Gasteiger partial charge in [0.2, 0.25) is 0 Å². The minimum absolute atomic E-state index is 0.0759. The second-order valence-electron chi connectivity index (χ2n) is 4.53. The molecule has 2 rings (SSSR count). The van der Waals surface area contributed by atoms with Gasteiger partial charge < -0.3 is 0 Å². The monoisotopic (exact) mass is 200 g/mol. The van der Waals surface area contributed by atoms with Crippen LogP contribution in [0.1, 0.15) is 32.2 Å². The van der Waals surface area contributed by atoms with Crippen molar-refractivity contribution in [1.82, 2.24) is 14.6 Å². The molecule has 4 heteroatoms. The number of rotatable bonds is 0. The molecule has 0 saturated carbocycles. The second-order valence-corrected chi connectivity index (χ2v) is 4.53. The molecular formula is C11H12N4. The highest BCUT2D eigenvalue weighted by molar-refractivity contribution is 5.43. The summed E-state index contributed by atoms with van der Waals surface area (Å²) in [4.78, 5) is 0. The van der Waals surface area contributed by atoms with Gasteiger partial charge in [0.25, 0.3) is 0 Å². The van der Waals surface area contributed by atoms with Crippen molar-refractivity contribution in [2.24, 2.45) is 0 Å². The molecule has 0 saturated heterocycles. The zero-order valence-electron chi connectivity index (χ0n) is 9.02. The first-order valence-corrected chi connectivity index (χ1v) is 4.78. The van der Waals surface area contributed by atoms with Crippen LogP contribution in [0.3, 0.4) is 0 Å². The first-order valence-electron chi connectivity index (χ1n) is 4.78. The van der Waals surface area contributed by atoms with E-state index >= 15 is 0 Å². The summed E-state index contributed by atoms with van der Waals surface area (Å²) in [6.45, 7) is 6.22. The molecule has 0 aliphatic carbocycles. The maximum absolute atomic E-state index is 8.82. The smallest absolute Gasteiger partial charge is 0.160 e. The predicted molar refractivity (Wildman–Crippen MR) is 56.4 cm³/mol. The van der Waals surface area contributed by atoms with Crippen LogP contribution >= 0.6 is 0 Å². The molecule has 2 aromatic heterocycles. The van der Waals surface area contributed by atoms with Gasteiger partial charge in [-0.15, -0.1) is 10.2 Å². The first kappa shape index (κ1) is 9.66. The first-order chi connectivity index (χ1) is 7.02. The zero-order chi connectivity index (χ0) is 11.1. The van der Waals surface area contributed by atoms with Gasteiger partial charge in [-0.05, 0) is 12.1 Å². The summed E-state index contributed by atoms with van der Waals surface area (Å²) in [7, 11) is 0. The van der Waals surface area contributed by atoms with Crippen LogP contribution in [-0.2, 0) is 5.41 Å². The van der Waals surface area contributed by atoms with Crippen molar-refractivity contribution < 1.29 is 0 Å².